The van der Waals surface area contributed by atoms with Crippen LogP contribution < -0.4 is 0 Å². The predicted octanol–water partition coefficient (Wildman–Crippen LogP) is 2.59. The van der Waals surface area contributed by atoms with Gasteiger partial charge in [0.1, 0.15) is 0 Å². The van der Waals surface area contributed by atoms with E-state index in [1.807, 2.05) is 0 Å². The first-order valence-electron chi connectivity index (χ1n) is 6.70. The van der Waals surface area contributed by atoms with Crippen molar-refractivity contribution in [1.29, 1.82) is 0 Å². The molecule has 0 radical (unpaired) electrons. The molecular weight excluding hydrogens is 184 g/mol. The van der Waals surface area contributed by atoms with Crippen molar-refractivity contribution in [2.24, 2.45) is 0 Å². The van der Waals surface area contributed by atoms with Crippen LogP contribution in [0.4, 0.5) is 0 Å². The van der Waals surface area contributed by atoms with Gasteiger partial charge in [-0.15, -0.1) is 0 Å². The van der Waals surface area contributed by atoms with Crippen molar-refractivity contribution in [1.82, 2.24) is 9.80 Å². The van der Waals surface area contributed by atoms with E-state index in [1.165, 1.54) is 58.4 Å². The molecule has 0 spiro atoms. The Bertz CT molecular complexity index is 149. The molecule has 0 amide bonds. The predicted molar refractivity (Wildman–Crippen MR) is 67.3 cm³/mol. The molecule has 0 bridgehead atoms. The van der Waals surface area contributed by atoms with Gasteiger partial charge in [0.15, 0.2) is 0 Å². The molecule has 1 fully saturated rings. The van der Waals surface area contributed by atoms with Gasteiger partial charge >= 0.3 is 0 Å². The first kappa shape index (κ1) is 13.0. The maximum Gasteiger partial charge on any atom is 0.0113 e. The van der Waals surface area contributed by atoms with Gasteiger partial charge in [-0.2, -0.15) is 0 Å². The lowest BCUT2D eigenvalue weighted by Crippen LogP contribution is -2.48. The van der Waals surface area contributed by atoms with Crippen LogP contribution in [0.2, 0.25) is 0 Å². The van der Waals surface area contributed by atoms with Gasteiger partial charge in [-0.25, -0.2) is 0 Å². The fourth-order valence-corrected chi connectivity index (χ4v) is 2.27. The number of nitrogens with zero attached hydrogens (tertiary/aromatic N) is 2. The SMILES string of the molecule is CCCCCCN1CCN(C(C)C)CC1. The maximum absolute atomic E-state index is 2.63. The Balaban J connectivity index is 2.04. The number of unbranched alkanes of at least 4 members (excludes halogenated alkanes) is 3. The van der Waals surface area contributed by atoms with Gasteiger partial charge < -0.3 is 4.90 Å². The van der Waals surface area contributed by atoms with Gasteiger partial charge in [0.05, 0.1) is 0 Å². The Morgan fingerprint density at radius 3 is 2.13 bits per heavy atom. The highest BCUT2D eigenvalue weighted by Gasteiger charge is 2.17. The lowest BCUT2D eigenvalue weighted by molar-refractivity contribution is 0.107. The Morgan fingerprint density at radius 1 is 0.933 bits per heavy atom. The Hall–Kier alpha value is -0.0800. The highest BCUT2D eigenvalue weighted by atomic mass is 15.3. The molecule has 1 aliphatic rings. The van der Waals surface area contributed by atoms with Crippen molar-refractivity contribution in [3.05, 3.63) is 0 Å². The normalized spacial score (nSPS) is 20.0. The summed E-state index contributed by atoms with van der Waals surface area (Å²) in [6.45, 7) is 13.3. The summed E-state index contributed by atoms with van der Waals surface area (Å²) in [6.07, 6.45) is 5.57. The summed E-state index contributed by atoms with van der Waals surface area (Å²) in [5, 5.41) is 0. The van der Waals surface area contributed by atoms with Crippen LogP contribution in [-0.2, 0) is 0 Å². The minimum atomic E-state index is 0.729. The molecule has 0 aromatic rings. The average molecular weight is 212 g/mol. The number of piperazine rings is 1. The molecule has 0 unspecified atom stereocenters. The minimum absolute atomic E-state index is 0.729. The van der Waals surface area contributed by atoms with Crippen LogP contribution in [0.25, 0.3) is 0 Å². The van der Waals surface area contributed by atoms with E-state index in [2.05, 4.69) is 30.6 Å². The van der Waals surface area contributed by atoms with E-state index in [0.717, 1.165) is 6.04 Å². The van der Waals surface area contributed by atoms with Crippen molar-refractivity contribution in [2.45, 2.75) is 52.5 Å². The topological polar surface area (TPSA) is 6.48 Å². The van der Waals surface area contributed by atoms with E-state index >= 15 is 0 Å². The second kappa shape index (κ2) is 7.24. The molecule has 0 aromatic carbocycles. The van der Waals surface area contributed by atoms with Crippen LogP contribution in [0, 0.1) is 0 Å². The number of hydrogen-bond donors (Lipinski definition) is 0. The van der Waals surface area contributed by atoms with Gasteiger partial charge in [0, 0.05) is 32.2 Å². The summed E-state index contributed by atoms with van der Waals surface area (Å²) in [6, 6.07) is 0.729. The molecule has 0 aliphatic carbocycles. The zero-order valence-corrected chi connectivity index (χ0v) is 10.8. The quantitative estimate of drug-likeness (QED) is 0.624. The van der Waals surface area contributed by atoms with Gasteiger partial charge in [-0.05, 0) is 26.8 Å². The lowest BCUT2D eigenvalue weighted by Gasteiger charge is -2.36. The van der Waals surface area contributed by atoms with E-state index in [4.69, 9.17) is 0 Å². The summed E-state index contributed by atoms with van der Waals surface area (Å²) in [5.74, 6) is 0. The summed E-state index contributed by atoms with van der Waals surface area (Å²) in [4.78, 5) is 5.22. The zero-order chi connectivity index (χ0) is 11.1. The molecule has 1 heterocycles. The molecule has 0 atom stereocenters. The summed E-state index contributed by atoms with van der Waals surface area (Å²) < 4.78 is 0. The second-order valence-corrected chi connectivity index (χ2v) is 5.03. The van der Waals surface area contributed by atoms with Crippen molar-refractivity contribution >= 4 is 0 Å². The van der Waals surface area contributed by atoms with E-state index < -0.39 is 0 Å². The van der Waals surface area contributed by atoms with Crippen LogP contribution in [0.1, 0.15) is 46.5 Å². The van der Waals surface area contributed by atoms with Crippen molar-refractivity contribution in [3.8, 4) is 0 Å². The summed E-state index contributed by atoms with van der Waals surface area (Å²) >= 11 is 0. The molecule has 1 rings (SSSR count). The van der Waals surface area contributed by atoms with Gasteiger partial charge in [-0.3, -0.25) is 4.90 Å². The van der Waals surface area contributed by atoms with Crippen molar-refractivity contribution in [2.75, 3.05) is 32.7 Å². The largest absolute Gasteiger partial charge is 0.301 e. The third-order valence-electron chi connectivity index (χ3n) is 3.47. The van der Waals surface area contributed by atoms with Crippen molar-refractivity contribution in [3.63, 3.8) is 0 Å². The Kier molecular flexibility index (Phi) is 6.26. The Morgan fingerprint density at radius 2 is 1.60 bits per heavy atom. The average Bonchev–Trinajstić information content (AvgIpc) is 2.25. The standard InChI is InChI=1S/C13H28N2/c1-4-5-6-7-8-14-9-11-15(12-10-14)13(2)3/h13H,4-12H2,1-3H3. The number of hydrogen-bond acceptors (Lipinski definition) is 2. The van der Waals surface area contributed by atoms with Crippen LogP contribution in [0.5, 0.6) is 0 Å². The van der Waals surface area contributed by atoms with E-state index in [1.54, 1.807) is 0 Å². The van der Waals surface area contributed by atoms with Crippen LogP contribution in [-0.4, -0.2) is 48.6 Å². The fourth-order valence-electron chi connectivity index (χ4n) is 2.27. The zero-order valence-electron chi connectivity index (χ0n) is 10.8. The van der Waals surface area contributed by atoms with Crippen LogP contribution >= 0.6 is 0 Å². The van der Waals surface area contributed by atoms with E-state index in [0.29, 0.717) is 0 Å². The van der Waals surface area contributed by atoms with Crippen LogP contribution in [0.3, 0.4) is 0 Å². The maximum atomic E-state index is 2.63. The highest BCUT2D eigenvalue weighted by molar-refractivity contribution is 4.73. The molecule has 2 heteroatoms. The van der Waals surface area contributed by atoms with Crippen LogP contribution in [0.15, 0.2) is 0 Å². The summed E-state index contributed by atoms with van der Waals surface area (Å²) in [7, 11) is 0. The monoisotopic (exact) mass is 212 g/mol. The van der Waals surface area contributed by atoms with E-state index in [-0.39, 0.29) is 0 Å². The van der Waals surface area contributed by atoms with Gasteiger partial charge in [0.25, 0.3) is 0 Å². The van der Waals surface area contributed by atoms with Gasteiger partial charge in [0.2, 0.25) is 0 Å². The fraction of sp³-hybridized carbons (Fsp3) is 1.00. The van der Waals surface area contributed by atoms with Crippen molar-refractivity contribution < 1.29 is 0 Å². The Labute approximate surface area is 95.6 Å². The molecule has 0 aromatic heterocycles. The molecule has 1 saturated heterocycles. The first-order chi connectivity index (χ1) is 7.24. The minimum Gasteiger partial charge on any atom is -0.301 e. The first-order valence-corrected chi connectivity index (χ1v) is 6.70. The smallest absolute Gasteiger partial charge is 0.0113 e. The van der Waals surface area contributed by atoms with Gasteiger partial charge in [-0.1, -0.05) is 26.2 Å². The molecular formula is C13H28N2. The molecule has 0 saturated carbocycles. The lowest BCUT2D eigenvalue weighted by atomic mass is 10.2. The van der Waals surface area contributed by atoms with E-state index in [9.17, 15) is 0 Å². The molecule has 0 N–H and O–H groups in total. The molecule has 15 heavy (non-hydrogen) atoms. The second-order valence-electron chi connectivity index (χ2n) is 5.03. The third-order valence-corrected chi connectivity index (χ3v) is 3.47. The molecule has 2 nitrogen and oxygen atoms in total. The summed E-state index contributed by atoms with van der Waals surface area (Å²) in [5.41, 5.74) is 0. The molecule has 1 aliphatic heterocycles. The molecule has 90 valence electrons. The number of rotatable bonds is 6. The third kappa shape index (κ3) is 4.98. The highest BCUT2D eigenvalue weighted by Crippen LogP contribution is 2.07.